The molecule has 0 saturated carbocycles. The van der Waals surface area contributed by atoms with Gasteiger partial charge in [-0.15, -0.1) is 0 Å². The van der Waals surface area contributed by atoms with Crippen LogP contribution in [0.5, 0.6) is 5.75 Å². The largest absolute Gasteiger partial charge is 0.491 e. The van der Waals surface area contributed by atoms with Crippen molar-refractivity contribution < 1.29 is 22.7 Å². The minimum atomic E-state index is -3.48. The van der Waals surface area contributed by atoms with Crippen molar-refractivity contribution in [3.63, 3.8) is 0 Å². The number of sulfonamides is 1. The normalized spacial score (nSPS) is 22.5. The highest BCUT2D eigenvalue weighted by molar-refractivity contribution is 7.92. The number of carbonyl (C=O) groups is 1. The molecule has 1 aromatic carbocycles. The van der Waals surface area contributed by atoms with E-state index in [0.717, 1.165) is 12.2 Å². The minimum absolute atomic E-state index is 0.0235. The first-order valence-corrected chi connectivity index (χ1v) is 13.5. The highest BCUT2D eigenvalue weighted by atomic mass is 32.2. The predicted molar refractivity (Wildman–Crippen MR) is 136 cm³/mol. The number of fused-ring (bicyclic) bond motifs is 1. The van der Waals surface area contributed by atoms with Crippen LogP contribution in [-0.4, -0.2) is 80.9 Å². The van der Waals surface area contributed by atoms with Crippen LogP contribution in [0, 0.1) is 5.92 Å². The van der Waals surface area contributed by atoms with Gasteiger partial charge in [0.15, 0.2) is 0 Å². The number of ether oxygens (including phenoxy) is 2. The van der Waals surface area contributed by atoms with Gasteiger partial charge in [-0.05, 0) is 50.1 Å². The number of pyridine rings is 1. The molecule has 1 aliphatic heterocycles. The highest BCUT2D eigenvalue weighted by Crippen LogP contribution is 2.27. The third-order valence-corrected chi connectivity index (χ3v) is 7.63. The lowest BCUT2D eigenvalue weighted by Crippen LogP contribution is -2.46. The van der Waals surface area contributed by atoms with Gasteiger partial charge < -0.3 is 14.4 Å². The molecular formula is C25H36N4O5S. The standard InChI is InChI=1S/C25H36N4O5S/c1-6-35(31,32)27-20-10-11-23-22(13-20)25(30)28(4)16-24(33-5)18(2)14-29(19(3)17-34-23)15-21-9-7-8-12-26-21/h7-13,18-19,24,27H,6,14-17H2,1-5H3/t18-,19+,24+/m1/s1. The Morgan fingerprint density at radius 3 is 2.63 bits per heavy atom. The summed E-state index contributed by atoms with van der Waals surface area (Å²) < 4.78 is 38.6. The van der Waals surface area contributed by atoms with Gasteiger partial charge in [0, 0.05) is 51.7 Å². The van der Waals surface area contributed by atoms with Crippen LogP contribution in [0.2, 0.25) is 0 Å². The van der Waals surface area contributed by atoms with Crippen molar-refractivity contribution in [3.05, 3.63) is 53.9 Å². The number of methoxy groups -OCH3 is 1. The number of nitrogens with one attached hydrogen (secondary N) is 1. The summed E-state index contributed by atoms with van der Waals surface area (Å²) in [6.45, 7) is 7.89. The first-order chi connectivity index (χ1) is 16.6. The zero-order chi connectivity index (χ0) is 25.6. The van der Waals surface area contributed by atoms with E-state index in [2.05, 4.69) is 28.5 Å². The fraction of sp³-hybridized carbons (Fsp3) is 0.520. The molecule has 9 nitrogen and oxygen atoms in total. The van der Waals surface area contributed by atoms with Crippen molar-refractivity contribution in [3.8, 4) is 5.75 Å². The highest BCUT2D eigenvalue weighted by Gasteiger charge is 2.28. The van der Waals surface area contributed by atoms with Crippen molar-refractivity contribution in [2.75, 3.05) is 44.3 Å². The van der Waals surface area contributed by atoms with Crippen LogP contribution in [0.15, 0.2) is 42.6 Å². The summed E-state index contributed by atoms with van der Waals surface area (Å²) in [6, 6.07) is 10.7. The van der Waals surface area contributed by atoms with Crippen LogP contribution >= 0.6 is 0 Å². The van der Waals surface area contributed by atoms with E-state index >= 15 is 0 Å². The van der Waals surface area contributed by atoms with Gasteiger partial charge in [0.05, 0.1) is 23.1 Å². The zero-order valence-corrected chi connectivity index (χ0v) is 21.9. The first kappa shape index (κ1) is 26.9. The SMILES string of the molecule is CCS(=O)(=O)Nc1ccc2c(c1)C(=O)N(C)C[C@H](OC)[C@H](C)CN(Cc1ccccn1)[C@@H](C)CO2. The smallest absolute Gasteiger partial charge is 0.257 e. The van der Waals surface area contributed by atoms with Gasteiger partial charge in [0.2, 0.25) is 10.0 Å². The lowest BCUT2D eigenvalue weighted by Gasteiger charge is -2.35. The molecule has 1 aliphatic rings. The molecule has 1 amide bonds. The van der Waals surface area contributed by atoms with E-state index < -0.39 is 10.0 Å². The summed E-state index contributed by atoms with van der Waals surface area (Å²) in [5, 5.41) is 0. The molecule has 10 heteroatoms. The summed E-state index contributed by atoms with van der Waals surface area (Å²) in [4.78, 5) is 21.8. The Morgan fingerprint density at radius 2 is 1.97 bits per heavy atom. The third kappa shape index (κ3) is 7.16. The van der Waals surface area contributed by atoms with Crippen LogP contribution in [0.1, 0.15) is 36.8 Å². The van der Waals surface area contributed by atoms with E-state index in [0.29, 0.717) is 36.7 Å². The summed E-state index contributed by atoms with van der Waals surface area (Å²) in [5.74, 6) is 0.216. The van der Waals surface area contributed by atoms with Crippen LogP contribution in [0.25, 0.3) is 0 Å². The van der Waals surface area contributed by atoms with Crippen molar-refractivity contribution in [1.29, 1.82) is 0 Å². The molecule has 2 heterocycles. The Balaban J connectivity index is 1.95. The molecule has 0 radical (unpaired) electrons. The topological polar surface area (TPSA) is 101 Å². The fourth-order valence-corrected chi connectivity index (χ4v) is 4.72. The number of hydrogen-bond acceptors (Lipinski definition) is 7. The van der Waals surface area contributed by atoms with Crippen molar-refractivity contribution in [2.24, 2.45) is 5.92 Å². The molecule has 0 bridgehead atoms. The number of anilines is 1. The van der Waals surface area contributed by atoms with Crippen molar-refractivity contribution in [2.45, 2.75) is 39.5 Å². The number of nitrogens with zero attached hydrogens (tertiary/aromatic N) is 3. The maximum atomic E-state index is 13.4. The molecule has 3 atom stereocenters. The molecule has 192 valence electrons. The lowest BCUT2D eigenvalue weighted by atomic mass is 10.0. The number of carbonyl (C=O) groups excluding carboxylic acids is 1. The van der Waals surface area contributed by atoms with Gasteiger partial charge in [-0.3, -0.25) is 19.4 Å². The molecule has 1 N–H and O–H groups in total. The van der Waals surface area contributed by atoms with Gasteiger partial charge >= 0.3 is 0 Å². The average molecular weight is 505 g/mol. The second-order valence-electron chi connectivity index (χ2n) is 9.06. The second-order valence-corrected chi connectivity index (χ2v) is 11.1. The van der Waals surface area contributed by atoms with Crippen LogP contribution in [0.3, 0.4) is 0 Å². The van der Waals surface area contributed by atoms with E-state index in [-0.39, 0.29) is 29.7 Å². The molecule has 0 saturated heterocycles. The average Bonchev–Trinajstić information content (AvgIpc) is 2.85. The Kier molecular flexibility index (Phi) is 9.09. The van der Waals surface area contributed by atoms with E-state index in [1.165, 1.54) is 6.07 Å². The quantitative estimate of drug-likeness (QED) is 0.646. The molecule has 0 unspecified atom stereocenters. The Labute approximate surface area is 208 Å². The number of amides is 1. The van der Waals surface area contributed by atoms with Crippen LogP contribution < -0.4 is 9.46 Å². The van der Waals surface area contributed by atoms with Gasteiger partial charge in [-0.25, -0.2) is 8.42 Å². The molecule has 0 spiro atoms. The zero-order valence-electron chi connectivity index (χ0n) is 21.1. The van der Waals surface area contributed by atoms with Gasteiger partial charge in [-0.2, -0.15) is 0 Å². The van der Waals surface area contributed by atoms with Crippen LogP contribution in [-0.2, 0) is 21.3 Å². The number of rotatable bonds is 6. The number of hydrogen-bond donors (Lipinski definition) is 1. The Bertz CT molecular complexity index is 1100. The third-order valence-electron chi connectivity index (χ3n) is 6.32. The molecule has 2 aromatic rings. The number of likely N-dealkylation sites (N-methyl/N-ethyl adjacent to an activating group) is 1. The molecule has 0 fully saturated rings. The van der Waals surface area contributed by atoms with Crippen molar-refractivity contribution >= 4 is 21.6 Å². The van der Waals surface area contributed by atoms with Crippen molar-refractivity contribution in [1.82, 2.24) is 14.8 Å². The van der Waals surface area contributed by atoms with E-state index in [4.69, 9.17) is 9.47 Å². The molecule has 0 aliphatic carbocycles. The van der Waals surface area contributed by atoms with Gasteiger partial charge in [-0.1, -0.05) is 13.0 Å². The Morgan fingerprint density at radius 1 is 1.20 bits per heavy atom. The summed E-state index contributed by atoms with van der Waals surface area (Å²) in [6.07, 6.45) is 1.60. The van der Waals surface area contributed by atoms with E-state index in [1.807, 2.05) is 18.2 Å². The maximum Gasteiger partial charge on any atom is 0.257 e. The minimum Gasteiger partial charge on any atom is -0.491 e. The monoisotopic (exact) mass is 504 g/mol. The van der Waals surface area contributed by atoms with Gasteiger partial charge in [0.1, 0.15) is 12.4 Å². The van der Waals surface area contributed by atoms with E-state index in [1.54, 1.807) is 44.3 Å². The first-order valence-electron chi connectivity index (χ1n) is 11.8. The summed E-state index contributed by atoms with van der Waals surface area (Å²) in [7, 11) is -0.109. The molecule has 35 heavy (non-hydrogen) atoms. The fourth-order valence-electron chi connectivity index (χ4n) is 4.09. The van der Waals surface area contributed by atoms with E-state index in [9.17, 15) is 13.2 Å². The van der Waals surface area contributed by atoms with Crippen LogP contribution in [0.4, 0.5) is 5.69 Å². The lowest BCUT2D eigenvalue weighted by molar-refractivity contribution is 0.00901. The number of aromatic nitrogens is 1. The second kappa shape index (κ2) is 11.8. The molecular weight excluding hydrogens is 468 g/mol. The molecule has 3 rings (SSSR count). The van der Waals surface area contributed by atoms with Gasteiger partial charge in [0.25, 0.3) is 5.91 Å². The number of benzene rings is 1. The summed E-state index contributed by atoms with van der Waals surface area (Å²) in [5.41, 5.74) is 1.59. The predicted octanol–water partition coefficient (Wildman–Crippen LogP) is 2.85. The maximum absolute atomic E-state index is 13.4. The molecule has 1 aromatic heterocycles. The summed E-state index contributed by atoms with van der Waals surface area (Å²) >= 11 is 0. The Hall–Kier alpha value is -2.69.